The summed E-state index contributed by atoms with van der Waals surface area (Å²) in [7, 11) is 0. The highest BCUT2D eigenvalue weighted by Crippen LogP contribution is 2.55. The van der Waals surface area contributed by atoms with Crippen LogP contribution in [0, 0.1) is 10.8 Å². The number of aliphatic carboxylic acids is 2. The van der Waals surface area contributed by atoms with Gasteiger partial charge in [0.05, 0.1) is 10.8 Å². The molecule has 0 aliphatic heterocycles. The van der Waals surface area contributed by atoms with Gasteiger partial charge in [-0.1, -0.05) is 142 Å². The van der Waals surface area contributed by atoms with E-state index in [0.29, 0.717) is 25.7 Å². The molecule has 0 aromatic heterocycles. The van der Waals surface area contributed by atoms with Crippen molar-refractivity contribution in [3.05, 3.63) is 12.2 Å². The molecule has 2 N–H and O–H groups in total. The Morgan fingerprint density at radius 2 is 0.794 bits per heavy atom. The fourth-order valence-corrected chi connectivity index (χ4v) is 5.92. The second kappa shape index (κ2) is 18.0. The van der Waals surface area contributed by atoms with E-state index in [9.17, 15) is 19.8 Å². The number of carboxylic acids is 2. The summed E-state index contributed by atoms with van der Waals surface area (Å²) in [4.78, 5) is 25.3. The standard InChI is InChI=1S/C30H54O4/c1-3-5-7-9-11-13-15-17-19-23-29(27(31)32)25-21-22-26-30(29,28(33)34)24-20-18-16-14-12-10-8-6-4-2/h21-22H,3-20,23-26H2,1-2H3,(H,31,32)(H,33,34). The lowest BCUT2D eigenvalue weighted by Gasteiger charge is -2.47. The van der Waals surface area contributed by atoms with Gasteiger partial charge >= 0.3 is 11.9 Å². The summed E-state index contributed by atoms with van der Waals surface area (Å²) in [5.41, 5.74) is -2.34. The normalized spacial score (nSPS) is 22.2. The van der Waals surface area contributed by atoms with E-state index in [4.69, 9.17) is 0 Å². The van der Waals surface area contributed by atoms with Crippen LogP contribution < -0.4 is 0 Å². The average molecular weight is 479 g/mol. The van der Waals surface area contributed by atoms with Gasteiger partial charge in [-0.25, -0.2) is 0 Å². The Bertz CT molecular complexity index is 534. The van der Waals surface area contributed by atoms with Crippen LogP contribution in [0.15, 0.2) is 12.2 Å². The average Bonchev–Trinajstić information content (AvgIpc) is 2.82. The summed E-state index contributed by atoms with van der Waals surface area (Å²) < 4.78 is 0. The molecule has 0 heterocycles. The Hall–Kier alpha value is -1.32. The van der Waals surface area contributed by atoms with Gasteiger partial charge in [-0.3, -0.25) is 9.59 Å². The van der Waals surface area contributed by atoms with E-state index >= 15 is 0 Å². The first-order chi connectivity index (χ1) is 16.5. The lowest BCUT2D eigenvalue weighted by molar-refractivity contribution is -0.177. The SMILES string of the molecule is CCCCCCCCCCCC1(C(=O)O)CC=CCC1(CCCCCCCCCCC)C(=O)O. The highest BCUT2D eigenvalue weighted by atomic mass is 16.4. The van der Waals surface area contributed by atoms with Crippen molar-refractivity contribution in [2.75, 3.05) is 0 Å². The molecule has 34 heavy (non-hydrogen) atoms. The van der Waals surface area contributed by atoms with E-state index in [0.717, 1.165) is 38.5 Å². The quantitative estimate of drug-likeness (QED) is 0.120. The summed E-state index contributed by atoms with van der Waals surface area (Å²) in [5.74, 6) is -1.82. The van der Waals surface area contributed by atoms with Crippen molar-refractivity contribution in [2.24, 2.45) is 10.8 Å². The number of carboxylic acid groups (broad SMARTS) is 2. The van der Waals surface area contributed by atoms with Crippen molar-refractivity contribution in [3.8, 4) is 0 Å². The van der Waals surface area contributed by atoms with Gasteiger partial charge in [0.2, 0.25) is 0 Å². The molecule has 1 rings (SSSR count). The molecule has 0 fully saturated rings. The van der Waals surface area contributed by atoms with E-state index in [1.165, 1.54) is 77.0 Å². The van der Waals surface area contributed by atoms with Crippen molar-refractivity contribution in [2.45, 2.75) is 155 Å². The van der Waals surface area contributed by atoms with Gasteiger partial charge in [-0.2, -0.15) is 0 Å². The third-order valence-electron chi connectivity index (χ3n) is 8.25. The molecular formula is C30H54O4. The Kier molecular flexibility index (Phi) is 16.3. The smallest absolute Gasteiger partial charge is 0.311 e. The van der Waals surface area contributed by atoms with Crippen molar-refractivity contribution in [3.63, 3.8) is 0 Å². The van der Waals surface area contributed by atoms with Gasteiger partial charge in [0.1, 0.15) is 0 Å². The lowest BCUT2D eigenvalue weighted by Crippen LogP contribution is -2.53. The zero-order chi connectivity index (χ0) is 25.1. The zero-order valence-electron chi connectivity index (χ0n) is 22.4. The highest BCUT2D eigenvalue weighted by Gasteiger charge is 2.60. The van der Waals surface area contributed by atoms with Gasteiger partial charge in [-0.05, 0) is 25.7 Å². The van der Waals surface area contributed by atoms with Crippen LogP contribution in [-0.4, -0.2) is 22.2 Å². The first-order valence-corrected chi connectivity index (χ1v) is 14.6. The fraction of sp³-hybridized carbons (Fsp3) is 0.867. The van der Waals surface area contributed by atoms with Crippen LogP contribution in [0.1, 0.15) is 155 Å². The number of allylic oxidation sites excluding steroid dienone is 2. The summed E-state index contributed by atoms with van der Waals surface area (Å²) in [6, 6.07) is 0. The molecular weight excluding hydrogens is 424 g/mol. The summed E-state index contributed by atoms with van der Waals surface area (Å²) in [5, 5.41) is 20.7. The molecule has 4 nitrogen and oxygen atoms in total. The van der Waals surface area contributed by atoms with Crippen molar-refractivity contribution >= 4 is 11.9 Å². The highest BCUT2D eigenvalue weighted by molar-refractivity contribution is 5.87. The number of hydrogen-bond acceptors (Lipinski definition) is 2. The minimum absolute atomic E-state index is 0.350. The molecule has 2 unspecified atom stereocenters. The van der Waals surface area contributed by atoms with Gasteiger partial charge in [0.15, 0.2) is 0 Å². The molecule has 0 spiro atoms. The molecule has 0 saturated heterocycles. The van der Waals surface area contributed by atoms with Gasteiger partial charge in [-0.15, -0.1) is 0 Å². The third-order valence-corrected chi connectivity index (χ3v) is 8.25. The maximum Gasteiger partial charge on any atom is 0.311 e. The number of unbranched alkanes of at least 4 members (excludes halogenated alkanes) is 16. The number of hydrogen-bond donors (Lipinski definition) is 2. The molecule has 198 valence electrons. The first-order valence-electron chi connectivity index (χ1n) is 14.6. The zero-order valence-corrected chi connectivity index (χ0v) is 22.4. The van der Waals surface area contributed by atoms with Crippen molar-refractivity contribution in [1.29, 1.82) is 0 Å². The van der Waals surface area contributed by atoms with Crippen molar-refractivity contribution in [1.82, 2.24) is 0 Å². The maximum absolute atomic E-state index is 12.6. The van der Waals surface area contributed by atoms with E-state index < -0.39 is 22.8 Å². The van der Waals surface area contributed by atoms with E-state index in [-0.39, 0.29) is 0 Å². The molecule has 4 heteroatoms. The molecule has 0 aromatic carbocycles. The molecule has 0 saturated carbocycles. The molecule has 2 atom stereocenters. The molecule has 1 aliphatic carbocycles. The van der Waals surface area contributed by atoms with Crippen LogP contribution in [-0.2, 0) is 9.59 Å². The predicted molar refractivity (Wildman–Crippen MR) is 142 cm³/mol. The summed E-state index contributed by atoms with van der Waals surface area (Å²) in [6.07, 6.45) is 26.6. The van der Waals surface area contributed by atoms with Crippen LogP contribution in [0.4, 0.5) is 0 Å². The van der Waals surface area contributed by atoms with E-state index in [2.05, 4.69) is 13.8 Å². The monoisotopic (exact) mass is 478 g/mol. The Morgan fingerprint density at radius 1 is 0.529 bits per heavy atom. The van der Waals surface area contributed by atoms with Crippen LogP contribution >= 0.6 is 0 Å². The predicted octanol–water partition coefficient (Wildman–Crippen LogP) is 9.32. The van der Waals surface area contributed by atoms with E-state index in [1.807, 2.05) is 12.2 Å². The Morgan fingerprint density at radius 3 is 1.06 bits per heavy atom. The first kappa shape index (κ1) is 30.7. The second-order valence-corrected chi connectivity index (χ2v) is 10.8. The Balaban J connectivity index is 2.59. The number of carbonyl (C=O) groups is 2. The van der Waals surface area contributed by atoms with Gasteiger partial charge < -0.3 is 10.2 Å². The van der Waals surface area contributed by atoms with Gasteiger partial charge in [0, 0.05) is 0 Å². The largest absolute Gasteiger partial charge is 0.481 e. The number of rotatable bonds is 22. The van der Waals surface area contributed by atoms with Gasteiger partial charge in [0.25, 0.3) is 0 Å². The lowest BCUT2D eigenvalue weighted by atomic mass is 9.54. The minimum atomic E-state index is -1.17. The van der Waals surface area contributed by atoms with Crippen LogP contribution in [0.2, 0.25) is 0 Å². The topological polar surface area (TPSA) is 74.6 Å². The summed E-state index contributed by atoms with van der Waals surface area (Å²) in [6.45, 7) is 4.46. The van der Waals surface area contributed by atoms with E-state index in [1.54, 1.807) is 0 Å². The Labute approximate surface area is 210 Å². The van der Waals surface area contributed by atoms with Crippen LogP contribution in [0.25, 0.3) is 0 Å². The van der Waals surface area contributed by atoms with Crippen molar-refractivity contribution < 1.29 is 19.8 Å². The molecule has 0 amide bonds. The molecule has 0 aromatic rings. The minimum Gasteiger partial charge on any atom is -0.481 e. The maximum atomic E-state index is 12.6. The molecule has 0 radical (unpaired) electrons. The van der Waals surface area contributed by atoms with Crippen LogP contribution in [0.3, 0.4) is 0 Å². The molecule has 1 aliphatic rings. The third kappa shape index (κ3) is 9.74. The molecule has 0 bridgehead atoms. The fourth-order valence-electron chi connectivity index (χ4n) is 5.92. The summed E-state index contributed by atoms with van der Waals surface area (Å²) >= 11 is 0. The van der Waals surface area contributed by atoms with Crippen LogP contribution in [0.5, 0.6) is 0 Å². The second-order valence-electron chi connectivity index (χ2n) is 10.8.